The second kappa shape index (κ2) is 8.86. The largest absolute Gasteiger partial charge is 0.368 e. The third kappa shape index (κ3) is 3.98. The Morgan fingerprint density at radius 3 is 2.55 bits per heavy atom. The summed E-state index contributed by atoms with van der Waals surface area (Å²) in [7, 11) is 0. The second-order valence-electron chi connectivity index (χ2n) is 8.25. The van der Waals surface area contributed by atoms with E-state index in [2.05, 4.69) is 57.5 Å². The number of anilines is 2. The van der Waals surface area contributed by atoms with Gasteiger partial charge in [0.2, 0.25) is 0 Å². The van der Waals surface area contributed by atoms with Gasteiger partial charge >= 0.3 is 6.03 Å². The lowest BCUT2D eigenvalue weighted by molar-refractivity contribution is 0.251. The maximum Gasteiger partial charge on any atom is 0.322 e. The van der Waals surface area contributed by atoms with Crippen molar-refractivity contribution in [2.24, 2.45) is 0 Å². The lowest BCUT2D eigenvalue weighted by atomic mass is 10.0. The molecule has 2 fully saturated rings. The summed E-state index contributed by atoms with van der Waals surface area (Å²) in [5.74, 6) is 0. The van der Waals surface area contributed by atoms with Crippen molar-refractivity contribution in [2.75, 3.05) is 42.5 Å². The van der Waals surface area contributed by atoms with Crippen LogP contribution >= 0.6 is 0 Å². The monoisotopic (exact) mass is 440 g/mol. The second-order valence-corrected chi connectivity index (χ2v) is 8.25. The minimum absolute atomic E-state index is 0.0556. The van der Waals surface area contributed by atoms with Crippen LogP contribution in [0.15, 0.2) is 92.1 Å². The highest BCUT2D eigenvalue weighted by Crippen LogP contribution is 2.32. The number of carbonyl (C=O) groups is 1. The molecule has 0 spiro atoms. The summed E-state index contributed by atoms with van der Waals surface area (Å²) in [5.41, 5.74) is 5.10. The van der Waals surface area contributed by atoms with Crippen molar-refractivity contribution in [1.29, 1.82) is 0 Å². The van der Waals surface area contributed by atoms with Crippen molar-refractivity contribution < 1.29 is 4.79 Å². The lowest BCUT2D eigenvalue weighted by Gasteiger charge is -2.38. The van der Waals surface area contributed by atoms with Crippen LogP contribution in [-0.4, -0.2) is 53.0 Å². The number of hydrogen-bond donors (Lipinski definition) is 1. The molecule has 2 amide bonds. The Morgan fingerprint density at radius 2 is 1.82 bits per heavy atom. The Hall–Kier alpha value is -4.00. The molecule has 0 bridgehead atoms. The molecule has 2 aliphatic heterocycles. The Kier molecular flexibility index (Phi) is 5.60. The van der Waals surface area contributed by atoms with Gasteiger partial charge in [-0.2, -0.15) is 0 Å². The predicted molar refractivity (Wildman–Crippen MR) is 133 cm³/mol. The van der Waals surface area contributed by atoms with Crippen LogP contribution in [0, 0.1) is 0 Å². The average Bonchev–Trinajstić information content (AvgIpc) is 3.48. The highest BCUT2D eigenvalue weighted by atomic mass is 16.2. The van der Waals surface area contributed by atoms with Crippen LogP contribution in [0.1, 0.15) is 11.6 Å². The molecule has 1 aromatic carbocycles. The maximum atomic E-state index is 12.7. The fraction of sp³-hybridized carbons (Fsp3) is 0.231. The van der Waals surface area contributed by atoms with E-state index in [4.69, 9.17) is 0 Å². The van der Waals surface area contributed by atoms with Crippen LogP contribution in [-0.2, 0) is 0 Å². The van der Waals surface area contributed by atoms with Crippen molar-refractivity contribution in [3.63, 3.8) is 0 Å². The van der Waals surface area contributed by atoms with Crippen molar-refractivity contribution in [3.8, 4) is 0 Å². The topological polar surface area (TPSA) is 56.1 Å². The number of piperazine rings is 1. The molecule has 2 aromatic heterocycles. The van der Waals surface area contributed by atoms with Crippen LogP contribution in [0.2, 0.25) is 0 Å². The van der Waals surface area contributed by atoms with E-state index in [1.807, 2.05) is 46.0 Å². The minimum Gasteiger partial charge on any atom is -0.368 e. The number of urea groups is 1. The number of amides is 2. The van der Waals surface area contributed by atoms with E-state index < -0.39 is 0 Å². The molecular formula is C26H28N6O. The van der Waals surface area contributed by atoms with Gasteiger partial charge in [0.15, 0.2) is 0 Å². The number of imidazole rings is 1. The summed E-state index contributed by atoms with van der Waals surface area (Å²) >= 11 is 0. The van der Waals surface area contributed by atoms with Gasteiger partial charge < -0.3 is 19.5 Å². The third-order valence-corrected chi connectivity index (χ3v) is 6.42. The fourth-order valence-electron chi connectivity index (χ4n) is 4.67. The number of allylic oxidation sites excluding steroid dienone is 3. The minimum atomic E-state index is -0.0818. The molecule has 4 heterocycles. The standard InChI is InChI=1S/C26H28N6O/c1-3-5-21(4-2)29-14-16-30(17-15-29)22-8-6-20(7-9-22)24-19-28-26(33)32(24)23-10-12-31-13-11-27-25(31)18-23/h3-13,18,24H,1-2,14-17,19H2,(H,28,33)/b21-5+. The number of aromatic nitrogens is 2. The average molecular weight is 441 g/mol. The summed E-state index contributed by atoms with van der Waals surface area (Å²) in [6, 6.07) is 12.4. The number of rotatable bonds is 6. The van der Waals surface area contributed by atoms with Crippen molar-refractivity contribution in [3.05, 3.63) is 97.6 Å². The van der Waals surface area contributed by atoms with Crippen LogP contribution in [0.5, 0.6) is 0 Å². The van der Waals surface area contributed by atoms with Crippen LogP contribution in [0.3, 0.4) is 0 Å². The lowest BCUT2D eigenvalue weighted by Crippen LogP contribution is -2.45. The maximum absolute atomic E-state index is 12.7. The molecular weight excluding hydrogens is 412 g/mol. The van der Waals surface area contributed by atoms with Gasteiger partial charge in [-0.05, 0) is 35.9 Å². The number of nitrogens with one attached hydrogen (secondary N) is 1. The first-order chi connectivity index (χ1) is 16.2. The van der Waals surface area contributed by atoms with E-state index in [1.54, 1.807) is 12.3 Å². The zero-order chi connectivity index (χ0) is 22.8. The van der Waals surface area contributed by atoms with Gasteiger partial charge in [-0.1, -0.05) is 31.4 Å². The molecule has 2 aliphatic rings. The Labute approximate surface area is 193 Å². The van der Waals surface area contributed by atoms with Crippen molar-refractivity contribution in [1.82, 2.24) is 19.6 Å². The molecule has 1 atom stereocenters. The van der Waals surface area contributed by atoms with E-state index in [0.717, 1.165) is 48.8 Å². The fourth-order valence-corrected chi connectivity index (χ4v) is 4.67. The van der Waals surface area contributed by atoms with Gasteiger partial charge in [0, 0.05) is 68.8 Å². The first kappa shape index (κ1) is 20.9. The van der Waals surface area contributed by atoms with Gasteiger partial charge in [-0.15, -0.1) is 0 Å². The van der Waals surface area contributed by atoms with Crippen LogP contribution in [0.4, 0.5) is 16.2 Å². The molecule has 7 nitrogen and oxygen atoms in total. The van der Waals surface area contributed by atoms with E-state index in [-0.39, 0.29) is 12.1 Å². The first-order valence-corrected chi connectivity index (χ1v) is 11.2. The van der Waals surface area contributed by atoms with E-state index in [9.17, 15) is 4.79 Å². The number of pyridine rings is 1. The van der Waals surface area contributed by atoms with E-state index in [1.165, 1.54) is 5.69 Å². The molecule has 0 aliphatic carbocycles. The van der Waals surface area contributed by atoms with Gasteiger partial charge in [0.25, 0.3) is 0 Å². The summed E-state index contributed by atoms with van der Waals surface area (Å²) < 4.78 is 1.94. The molecule has 0 saturated carbocycles. The number of nitrogens with zero attached hydrogens (tertiary/aromatic N) is 5. The van der Waals surface area contributed by atoms with Gasteiger partial charge in [0.1, 0.15) is 5.65 Å². The summed E-state index contributed by atoms with van der Waals surface area (Å²) in [4.78, 5) is 23.6. The molecule has 3 aromatic rings. The number of carbonyl (C=O) groups excluding carboxylic acids is 1. The molecule has 7 heteroatoms. The summed E-state index contributed by atoms with van der Waals surface area (Å²) in [6.45, 7) is 12.1. The first-order valence-electron chi connectivity index (χ1n) is 11.2. The predicted octanol–water partition coefficient (Wildman–Crippen LogP) is 3.98. The molecule has 168 valence electrons. The van der Waals surface area contributed by atoms with E-state index >= 15 is 0 Å². The molecule has 5 rings (SSSR count). The van der Waals surface area contributed by atoms with E-state index in [0.29, 0.717) is 6.54 Å². The number of fused-ring (bicyclic) bond motifs is 1. The van der Waals surface area contributed by atoms with Gasteiger partial charge in [-0.25, -0.2) is 9.78 Å². The summed E-state index contributed by atoms with van der Waals surface area (Å²) in [6.07, 6.45) is 11.3. The highest BCUT2D eigenvalue weighted by Gasteiger charge is 2.33. The molecule has 1 unspecified atom stereocenters. The highest BCUT2D eigenvalue weighted by molar-refractivity contribution is 5.95. The Bertz CT molecular complexity index is 1200. The quantitative estimate of drug-likeness (QED) is 0.589. The molecule has 2 saturated heterocycles. The van der Waals surface area contributed by atoms with Crippen LogP contribution in [0.25, 0.3) is 5.65 Å². The molecule has 0 radical (unpaired) electrons. The van der Waals surface area contributed by atoms with Crippen LogP contribution < -0.4 is 15.1 Å². The summed E-state index contributed by atoms with van der Waals surface area (Å²) in [5, 5.41) is 2.99. The third-order valence-electron chi connectivity index (χ3n) is 6.42. The Morgan fingerprint density at radius 1 is 1.03 bits per heavy atom. The normalized spacial score (nSPS) is 19.2. The van der Waals surface area contributed by atoms with Crippen molar-refractivity contribution >= 4 is 23.1 Å². The SMILES string of the molecule is C=C/C=C(\C=C)N1CCN(c2ccc(C3CNC(=O)N3c3ccn4ccnc4c3)cc2)CC1. The van der Waals surface area contributed by atoms with Crippen molar-refractivity contribution in [2.45, 2.75) is 6.04 Å². The number of benzene rings is 1. The van der Waals surface area contributed by atoms with Gasteiger partial charge in [0.05, 0.1) is 11.7 Å². The number of hydrogen-bond acceptors (Lipinski definition) is 4. The molecule has 1 N–H and O–H groups in total. The zero-order valence-corrected chi connectivity index (χ0v) is 18.6. The Balaban J connectivity index is 1.31. The smallest absolute Gasteiger partial charge is 0.322 e. The molecule has 33 heavy (non-hydrogen) atoms. The van der Waals surface area contributed by atoms with Gasteiger partial charge in [-0.3, -0.25) is 4.90 Å². The zero-order valence-electron chi connectivity index (χ0n) is 18.6.